The van der Waals surface area contributed by atoms with Crippen LogP contribution in [-0.4, -0.2) is 26.1 Å². The van der Waals surface area contributed by atoms with Gasteiger partial charge < -0.3 is 0 Å². The first kappa shape index (κ1) is 15.0. The molecule has 0 radical (unpaired) electrons. The molecule has 0 saturated carbocycles. The third kappa shape index (κ3) is 4.68. The number of nitrogens with zero attached hydrogens (tertiary/aromatic N) is 1. The van der Waals surface area contributed by atoms with Gasteiger partial charge in [-0.25, -0.2) is 0 Å². The summed E-state index contributed by atoms with van der Waals surface area (Å²) in [6.45, 7) is 13.4. The quantitative estimate of drug-likeness (QED) is 0.584. The lowest BCUT2D eigenvalue weighted by Crippen LogP contribution is -2.28. The molecule has 0 amide bonds. The Morgan fingerprint density at radius 1 is 1.06 bits per heavy atom. The Hall–Kier alpha value is -1.04. The Morgan fingerprint density at radius 2 is 1.61 bits per heavy atom. The average molecular weight is 259 g/mol. The lowest BCUT2D eigenvalue weighted by molar-refractivity contribution is 0.264. The summed E-state index contributed by atoms with van der Waals surface area (Å²) in [7, 11) is -1.31. The van der Waals surface area contributed by atoms with Crippen LogP contribution in [0.1, 0.15) is 25.5 Å². The van der Waals surface area contributed by atoms with Crippen LogP contribution in [0.15, 0.2) is 30.3 Å². The first-order chi connectivity index (χ1) is 8.48. The second kappa shape index (κ2) is 6.77. The molecule has 0 N–H and O–H groups in total. The Labute approximate surface area is 113 Å². The SMILES string of the molecule is CCN(CC)C(C#C[Si](C)(C)C)c1ccccc1. The summed E-state index contributed by atoms with van der Waals surface area (Å²) in [5, 5.41) is 0. The van der Waals surface area contributed by atoms with E-state index in [1.807, 2.05) is 0 Å². The van der Waals surface area contributed by atoms with Gasteiger partial charge in [0.15, 0.2) is 0 Å². The second-order valence-corrected chi connectivity index (χ2v) is 10.3. The van der Waals surface area contributed by atoms with Gasteiger partial charge in [-0.15, -0.1) is 5.54 Å². The van der Waals surface area contributed by atoms with Crippen LogP contribution in [0.2, 0.25) is 19.6 Å². The highest BCUT2D eigenvalue weighted by atomic mass is 28.3. The summed E-state index contributed by atoms with van der Waals surface area (Å²) < 4.78 is 0. The number of rotatable bonds is 4. The summed E-state index contributed by atoms with van der Waals surface area (Å²) >= 11 is 0. The Bertz CT molecular complexity index is 404. The number of hydrogen-bond donors (Lipinski definition) is 0. The molecule has 0 bridgehead atoms. The van der Waals surface area contributed by atoms with E-state index in [9.17, 15) is 0 Å². The van der Waals surface area contributed by atoms with E-state index in [2.05, 4.69) is 80.2 Å². The van der Waals surface area contributed by atoms with E-state index >= 15 is 0 Å². The van der Waals surface area contributed by atoms with Crippen molar-refractivity contribution >= 4 is 8.07 Å². The molecule has 98 valence electrons. The maximum absolute atomic E-state index is 3.52. The van der Waals surface area contributed by atoms with Gasteiger partial charge in [0.1, 0.15) is 8.07 Å². The molecule has 1 atom stereocenters. The molecule has 1 nitrogen and oxygen atoms in total. The van der Waals surface area contributed by atoms with Gasteiger partial charge in [0.05, 0.1) is 6.04 Å². The predicted octanol–water partition coefficient (Wildman–Crippen LogP) is 3.95. The highest BCUT2D eigenvalue weighted by molar-refractivity contribution is 6.83. The first-order valence-electron chi connectivity index (χ1n) is 6.79. The van der Waals surface area contributed by atoms with Gasteiger partial charge in [-0.3, -0.25) is 4.90 Å². The fourth-order valence-corrected chi connectivity index (χ4v) is 2.46. The molecule has 1 aromatic rings. The summed E-state index contributed by atoms with van der Waals surface area (Å²) in [4.78, 5) is 2.42. The molecule has 0 spiro atoms. The lowest BCUT2D eigenvalue weighted by atomic mass is 10.1. The van der Waals surface area contributed by atoms with E-state index in [0.29, 0.717) is 0 Å². The molecule has 0 fully saturated rings. The Morgan fingerprint density at radius 3 is 2.06 bits per heavy atom. The molecule has 0 aliphatic rings. The van der Waals surface area contributed by atoms with E-state index in [-0.39, 0.29) is 6.04 Å². The molecule has 1 rings (SSSR count). The van der Waals surface area contributed by atoms with Crippen molar-refractivity contribution in [3.8, 4) is 11.5 Å². The van der Waals surface area contributed by atoms with E-state index in [1.165, 1.54) is 5.56 Å². The number of benzene rings is 1. The van der Waals surface area contributed by atoms with Crippen LogP contribution in [0.5, 0.6) is 0 Å². The molecular formula is C16H25NSi. The lowest BCUT2D eigenvalue weighted by Gasteiger charge is -2.26. The zero-order valence-corrected chi connectivity index (χ0v) is 13.3. The smallest absolute Gasteiger partial charge is 0.129 e. The Kier molecular flexibility index (Phi) is 5.65. The third-order valence-electron chi connectivity index (χ3n) is 2.88. The molecular weight excluding hydrogens is 234 g/mol. The van der Waals surface area contributed by atoms with Crippen molar-refractivity contribution in [1.29, 1.82) is 0 Å². The third-order valence-corrected chi connectivity index (χ3v) is 3.77. The first-order valence-corrected chi connectivity index (χ1v) is 10.3. The molecule has 2 heteroatoms. The molecule has 0 saturated heterocycles. The van der Waals surface area contributed by atoms with Gasteiger partial charge in [0.2, 0.25) is 0 Å². The minimum absolute atomic E-state index is 0.243. The molecule has 1 unspecified atom stereocenters. The van der Waals surface area contributed by atoms with Crippen LogP contribution < -0.4 is 0 Å². The Balaban J connectivity index is 3.06. The molecule has 18 heavy (non-hydrogen) atoms. The van der Waals surface area contributed by atoms with Crippen molar-refractivity contribution in [3.05, 3.63) is 35.9 Å². The van der Waals surface area contributed by atoms with Crippen molar-refractivity contribution in [2.75, 3.05) is 13.1 Å². The standard InChI is InChI=1S/C16H25NSi/c1-6-17(7-2)16(13-14-18(3,4)5)15-11-9-8-10-12-15/h8-12,16H,6-7H2,1-5H3. The largest absolute Gasteiger partial charge is 0.287 e. The van der Waals surface area contributed by atoms with Crippen molar-refractivity contribution in [1.82, 2.24) is 4.90 Å². The summed E-state index contributed by atoms with van der Waals surface area (Å²) in [6.07, 6.45) is 0. The van der Waals surface area contributed by atoms with Gasteiger partial charge in [-0.1, -0.05) is 69.7 Å². The van der Waals surface area contributed by atoms with Crippen LogP contribution in [0.25, 0.3) is 0 Å². The van der Waals surface area contributed by atoms with Crippen LogP contribution in [0.4, 0.5) is 0 Å². The molecule has 0 heterocycles. The monoisotopic (exact) mass is 259 g/mol. The minimum atomic E-state index is -1.31. The van der Waals surface area contributed by atoms with E-state index in [0.717, 1.165) is 13.1 Å². The van der Waals surface area contributed by atoms with Gasteiger partial charge in [0, 0.05) is 0 Å². The maximum Gasteiger partial charge on any atom is 0.129 e. The zero-order valence-electron chi connectivity index (χ0n) is 12.3. The summed E-state index contributed by atoms with van der Waals surface area (Å²) in [5.74, 6) is 3.52. The molecule has 0 aliphatic heterocycles. The van der Waals surface area contributed by atoms with Gasteiger partial charge >= 0.3 is 0 Å². The number of hydrogen-bond acceptors (Lipinski definition) is 1. The highest BCUT2D eigenvalue weighted by Gasteiger charge is 2.16. The molecule has 1 aromatic carbocycles. The normalized spacial score (nSPS) is 13.0. The van der Waals surface area contributed by atoms with E-state index < -0.39 is 8.07 Å². The van der Waals surface area contributed by atoms with Crippen molar-refractivity contribution in [2.24, 2.45) is 0 Å². The van der Waals surface area contributed by atoms with E-state index in [1.54, 1.807) is 0 Å². The minimum Gasteiger partial charge on any atom is -0.287 e. The average Bonchev–Trinajstić information content (AvgIpc) is 2.34. The van der Waals surface area contributed by atoms with Crippen LogP contribution in [-0.2, 0) is 0 Å². The van der Waals surface area contributed by atoms with Gasteiger partial charge in [-0.2, -0.15) is 0 Å². The molecule has 0 aliphatic carbocycles. The maximum atomic E-state index is 3.52. The van der Waals surface area contributed by atoms with Gasteiger partial charge in [-0.05, 0) is 18.7 Å². The van der Waals surface area contributed by atoms with E-state index in [4.69, 9.17) is 0 Å². The van der Waals surface area contributed by atoms with Crippen LogP contribution in [0.3, 0.4) is 0 Å². The predicted molar refractivity (Wildman–Crippen MR) is 83.2 cm³/mol. The van der Waals surface area contributed by atoms with Crippen LogP contribution in [0, 0.1) is 11.5 Å². The summed E-state index contributed by atoms with van der Waals surface area (Å²) in [6, 6.07) is 10.9. The topological polar surface area (TPSA) is 3.24 Å². The van der Waals surface area contributed by atoms with Crippen molar-refractivity contribution in [3.63, 3.8) is 0 Å². The highest BCUT2D eigenvalue weighted by Crippen LogP contribution is 2.19. The second-order valence-electron chi connectivity index (χ2n) is 5.55. The van der Waals surface area contributed by atoms with Gasteiger partial charge in [0.25, 0.3) is 0 Å². The summed E-state index contributed by atoms with van der Waals surface area (Å²) in [5.41, 5.74) is 4.83. The van der Waals surface area contributed by atoms with Crippen molar-refractivity contribution < 1.29 is 0 Å². The zero-order chi connectivity index (χ0) is 13.6. The van der Waals surface area contributed by atoms with Crippen LogP contribution >= 0.6 is 0 Å². The fraction of sp³-hybridized carbons (Fsp3) is 0.500. The molecule has 0 aromatic heterocycles. The fourth-order valence-electron chi connectivity index (χ4n) is 1.89. The van der Waals surface area contributed by atoms with Crippen molar-refractivity contribution in [2.45, 2.75) is 39.5 Å².